The molecule has 154 valence electrons. The van der Waals surface area contributed by atoms with Gasteiger partial charge in [0, 0.05) is 50.6 Å². The molecule has 9 heteroatoms. The number of guanidine groups is 1. The number of hydrogen-bond donors (Lipinski definition) is 2. The van der Waals surface area contributed by atoms with Crippen LogP contribution in [0.25, 0.3) is 0 Å². The minimum atomic E-state index is 0.779. The van der Waals surface area contributed by atoms with E-state index >= 15 is 0 Å². The van der Waals surface area contributed by atoms with Gasteiger partial charge in [-0.15, -0.1) is 21.5 Å². The highest BCUT2D eigenvalue weighted by Crippen LogP contribution is 2.08. The Labute approximate surface area is 171 Å². The SMILES string of the molecule is CCc1nncn1CCNC(=NCCN1CCOCC1)NCCc1cccs1. The third-order valence-corrected chi connectivity index (χ3v) is 5.63. The lowest BCUT2D eigenvalue weighted by Gasteiger charge is -2.25. The summed E-state index contributed by atoms with van der Waals surface area (Å²) >= 11 is 1.80. The predicted molar refractivity (Wildman–Crippen MR) is 113 cm³/mol. The zero-order valence-corrected chi connectivity index (χ0v) is 17.5. The summed E-state index contributed by atoms with van der Waals surface area (Å²) in [6.07, 6.45) is 3.69. The van der Waals surface area contributed by atoms with E-state index in [2.05, 4.69) is 54.7 Å². The molecule has 2 N–H and O–H groups in total. The molecule has 0 atom stereocenters. The Balaban J connectivity index is 1.46. The van der Waals surface area contributed by atoms with Gasteiger partial charge in [0.15, 0.2) is 5.96 Å². The van der Waals surface area contributed by atoms with E-state index in [0.717, 1.165) is 83.7 Å². The van der Waals surface area contributed by atoms with Crippen LogP contribution in [0.5, 0.6) is 0 Å². The maximum absolute atomic E-state index is 5.41. The van der Waals surface area contributed by atoms with E-state index in [0.29, 0.717) is 0 Å². The summed E-state index contributed by atoms with van der Waals surface area (Å²) in [4.78, 5) is 8.56. The number of nitrogens with zero attached hydrogens (tertiary/aromatic N) is 5. The first-order valence-corrected chi connectivity index (χ1v) is 10.9. The number of hydrogen-bond acceptors (Lipinski definition) is 6. The third kappa shape index (κ3) is 6.88. The number of thiophene rings is 1. The highest BCUT2D eigenvalue weighted by molar-refractivity contribution is 7.09. The van der Waals surface area contributed by atoms with Crippen LogP contribution in [0.1, 0.15) is 17.6 Å². The molecule has 2 aromatic heterocycles. The van der Waals surface area contributed by atoms with Crippen molar-refractivity contribution in [1.29, 1.82) is 0 Å². The number of nitrogens with one attached hydrogen (secondary N) is 2. The van der Waals surface area contributed by atoms with Crippen molar-refractivity contribution in [3.05, 3.63) is 34.5 Å². The standard InChI is InChI=1S/C19H31N7OS/c1-2-18-24-23-16-26(18)10-8-22-19(20-6-5-17-4-3-15-28-17)21-7-9-25-11-13-27-14-12-25/h3-4,15-16H,2,5-14H2,1H3,(H2,20,21,22). The van der Waals surface area contributed by atoms with Crippen molar-refractivity contribution in [2.24, 2.45) is 4.99 Å². The maximum Gasteiger partial charge on any atom is 0.191 e. The van der Waals surface area contributed by atoms with E-state index in [9.17, 15) is 0 Å². The topological polar surface area (TPSA) is 79.6 Å². The molecule has 3 heterocycles. The molecule has 1 aliphatic rings. The molecule has 1 saturated heterocycles. The van der Waals surface area contributed by atoms with Gasteiger partial charge < -0.3 is 19.9 Å². The quantitative estimate of drug-likeness (QED) is 0.454. The largest absolute Gasteiger partial charge is 0.379 e. The van der Waals surface area contributed by atoms with Crippen molar-refractivity contribution in [1.82, 2.24) is 30.3 Å². The maximum atomic E-state index is 5.41. The summed E-state index contributed by atoms with van der Waals surface area (Å²) in [5.41, 5.74) is 0. The minimum absolute atomic E-state index is 0.779. The predicted octanol–water partition coefficient (Wildman–Crippen LogP) is 1.01. The molecular weight excluding hydrogens is 374 g/mol. The lowest BCUT2D eigenvalue weighted by Crippen LogP contribution is -2.41. The Morgan fingerprint density at radius 1 is 1.25 bits per heavy atom. The average molecular weight is 406 g/mol. The van der Waals surface area contributed by atoms with Crippen molar-refractivity contribution < 1.29 is 4.74 Å². The van der Waals surface area contributed by atoms with Crippen LogP contribution in [-0.4, -0.2) is 78.1 Å². The van der Waals surface area contributed by atoms with Gasteiger partial charge in [0.2, 0.25) is 0 Å². The number of ether oxygens (including phenoxy) is 1. The zero-order valence-electron chi connectivity index (χ0n) is 16.6. The van der Waals surface area contributed by atoms with Gasteiger partial charge >= 0.3 is 0 Å². The second kappa shape index (κ2) is 11.8. The van der Waals surface area contributed by atoms with E-state index in [1.807, 2.05) is 0 Å². The van der Waals surface area contributed by atoms with E-state index in [1.54, 1.807) is 17.7 Å². The second-order valence-electron chi connectivity index (χ2n) is 6.66. The molecule has 1 fully saturated rings. The first-order valence-electron chi connectivity index (χ1n) is 10.1. The normalized spacial score (nSPS) is 15.7. The Bertz CT molecular complexity index is 695. The van der Waals surface area contributed by atoms with Crippen LogP contribution in [0.15, 0.2) is 28.8 Å². The van der Waals surface area contributed by atoms with Gasteiger partial charge in [0.25, 0.3) is 0 Å². The number of aromatic nitrogens is 3. The lowest BCUT2D eigenvalue weighted by atomic mass is 10.3. The van der Waals surface area contributed by atoms with Crippen molar-refractivity contribution >= 4 is 17.3 Å². The van der Waals surface area contributed by atoms with Crippen LogP contribution >= 0.6 is 11.3 Å². The molecule has 1 aliphatic heterocycles. The van der Waals surface area contributed by atoms with Crippen molar-refractivity contribution in [3.63, 3.8) is 0 Å². The molecule has 28 heavy (non-hydrogen) atoms. The number of aryl methyl sites for hydroxylation is 1. The monoisotopic (exact) mass is 405 g/mol. The first-order chi connectivity index (χ1) is 13.8. The fourth-order valence-electron chi connectivity index (χ4n) is 3.10. The van der Waals surface area contributed by atoms with Gasteiger partial charge in [-0.3, -0.25) is 9.89 Å². The number of aliphatic imine (C=N–C) groups is 1. The summed E-state index contributed by atoms with van der Waals surface area (Å²) < 4.78 is 7.50. The second-order valence-corrected chi connectivity index (χ2v) is 7.69. The Morgan fingerprint density at radius 2 is 2.11 bits per heavy atom. The summed E-state index contributed by atoms with van der Waals surface area (Å²) in [6, 6.07) is 4.27. The molecule has 0 unspecified atom stereocenters. The van der Waals surface area contributed by atoms with Gasteiger partial charge in [-0.05, 0) is 17.9 Å². The Kier molecular flexibility index (Phi) is 8.73. The molecule has 3 rings (SSSR count). The zero-order chi connectivity index (χ0) is 19.4. The third-order valence-electron chi connectivity index (χ3n) is 4.69. The highest BCUT2D eigenvalue weighted by Gasteiger charge is 2.09. The van der Waals surface area contributed by atoms with E-state index in [1.165, 1.54) is 4.88 Å². The smallest absolute Gasteiger partial charge is 0.191 e. The fraction of sp³-hybridized carbons (Fsp3) is 0.632. The minimum Gasteiger partial charge on any atom is -0.379 e. The van der Waals surface area contributed by atoms with Gasteiger partial charge in [-0.2, -0.15) is 0 Å². The molecule has 0 radical (unpaired) electrons. The van der Waals surface area contributed by atoms with Crippen LogP contribution in [-0.2, 0) is 24.1 Å². The van der Waals surface area contributed by atoms with Crippen LogP contribution in [0, 0.1) is 0 Å². The Hall–Kier alpha value is -1.97. The van der Waals surface area contributed by atoms with Crippen molar-refractivity contribution in [3.8, 4) is 0 Å². The van der Waals surface area contributed by atoms with Crippen LogP contribution in [0.4, 0.5) is 0 Å². The molecule has 0 aliphatic carbocycles. The van der Waals surface area contributed by atoms with Gasteiger partial charge in [-0.1, -0.05) is 13.0 Å². The molecule has 0 saturated carbocycles. The average Bonchev–Trinajstić information content (AvgIpc) is 3.40. The molecular formula is C19H31N7OS. The highest BCUT2D eigenvalue weighted by atomic mass is 32.1. The lowest BCUT2D eigenvalue weighted by molar-refractivity contribution is 0.0394. The molecule has 0 aromatic carbocycles. The summed E-state index contributed by atoms with van der Waals surface area (Å²) in [5.74, 6) is 1.88. The van der Waals surface area contributed by atoms with E-state index < -0.39 is 0 Å². The molecule has 0 bridgehead atoms. The van der Waals surface area contributed by atoms with Crippen LogP contribution in [0.3, 0.4) is 0 Å². The van der Waals surface area contributed by atoms with Crippen molar-refractivity contribution in [2.75, 3.05) is 52.5 Å². The number of morpholine rings is 1. The summed E-state index contributed by atoms with van der Waals surface area (Å²) in [5, 5.41) is 17.2. The van der Waals surface area contributed by atoms with E-state index in [4.69, 9.17) is 9.73 Å². The van der Waals surface area contributed by atoms with Crippen LogP contribution < -0.4 is 10.6 Å². The van der Waals surface area contributed by atoms with Gasteiger partial charge in [0.05, 0.1) is 19.8 Å². The van der Waals surface area contributed by atoms with Crippen molar-refractivity contribution in [2.45, 2.75) is 26.3 Å². The number of rotatable bonds is 10. The Morgan fingerprint density at radius 3 is 2.89 bits per heavy atom. The molecule has 0 amide bonds. The molecule has 0 spiro atoms. The fourth-order valence-corrected chi connectivity index (χ4v) is 3.80. The van der Waals surface area contributed by atoms with Gasteiger partial charge in [-0.25, -0.2) is 0 Å². The van der Waals surface area contributed by atoms with E-state index in [-0.39, 0.29) is 0 Å². The summed E-state index contributed by atoms with van der Waals surface area (Å²) in [7, 11) is 0. The summed E-state index contributed by atoms with van der Waals surface area (Å²) in [6.45, 7) is 9.97. The molecule has 2 aromatic rings. The van der Waals surface area contributed by atoms with Gasteiger partial charge in [0.1, 0.15) is 12.2 Å². The van der Waals surface area contributed by atoms with Crippen LogP contribution in [0.2, 0.25) is 0 Å². The molecule has 8 nitrogen and oxygen atoms in total. The first kappa shape index (κ1) is 20.8.